The molecule has 6 heteroatoms. The van der Waals surface area contributed by atoms with E-state index in [4.69, 9.17) is 4.74 Å². The normalized spacial score (nSPS) is 10.8. The summed E-state index contributed by atoms with van der Waals surface area (Å²) < 4.78 is 5.19. The van der Waals surface area contributed by atoms with Crippen LogP contribution in [0.3, 0.4) is 0 Å². The number of aromatic amines is 1. The van der Waals surface area contributed by atoms with E-state index in [1.165, 1.54) is 0 Å². The van der Waals surface area contributed by atoms with E-state index in [-0.39, 0.29) is 18.0 Å². The fourth-order valence-corrected chi connectivity index (χ4v) is 3.06. The van der Waals surface area contributed by atoms with Crippen molar-refractivity contribution in [2.75, 3.05) is 7.11 Å². The third kappa shape index (κ3) is 4.76. The predicted molar refractivity (Wildman–Crippen MR) is 109 cm³/mol. The van der Waals surface area contributed by atoms with E-state index in [0.717, 1.165) is 24.2 Å². The van der Waals surface area contributed by atoms with Crippen molar-refractivity contribution in [2.45, 2.75) is 39.3 Å². The minimum Gasteiger partial charge on any atom is -0.497 e. The molecule has 0 spiro atoms. The van der Waals surface area contributed by atoms with E-state index in [1.807, 2.05) is 36.4 Å². The first-order valence-corrected chi connectivity index (χ1v) is 9.49. The van der Waals surface area contributed by atoms with Crippen LogP contribution in [-0.4, -0.2) is 27.9 Å². The molecule has 3 aromatic rings. The Morgan fingerprint density at radius 2 is 1.86 bits per heavy atom. The Labute approximate surface area is 164 Å². The number of fused-ring (bicyclic) bond motifs is 1. The van der Waals surface area contributed by atoms with Gasteiger partial charge in [0.2, 0.25) is 5.91 Å². The highest BCUT2D eigenvalue weighted by molar-refractivity contribution is 5.78. The Morgan fingerprint density at radius 1 is 1.11 bits per heavy atom. The summed E-state index contributed by atoms with van der Waals surface area (Å²) in [7, 11) is 1.62. The maximum Gasteiger partial charge on any atom is 0.258 e. The molecule has 1 aromatic heterocycles. The molecule has 0 saturated carbocycles. The highest BCUT2D eigenvalue weighted by atomic mass is 16.5. The summed E-state index contributed by atoms with van der Waals surface area (Å²) in [5, 5.41) is 0.547. The number of carbonyl (C=O) groups is 1. The molecule has 6 nitrogen and oxygen atoms in total. The lowest BCUT2D eigenvalue weighted by Crippen LogP contribution is -2.31. The molecule has 0 aliphatic heterocycles. The van der Waals surface area contributed by atoms with Crippen LogP contribution in [0.2, 0.25) is 0 Å². The summed E-state index contributed by atoms with van der Waals surface area (Å²) >= 11 is 0. The lowest BCUT2D eigenvalue weighted by molar-refractivity contribution is -0.132. The summed E-state index contributed by atoms with van der Waals surface area (Å²) in [6.45, 7) is 2.77. The van der Waals surface area contributed by atoms with Crippen LogP contribution in [0.15, 0.2) is 53.3 Å². The van der Waals surface area contributed by atoms with Gasteiger partial charge < -0.3 is 14.6 Å². The van der Waals surface area contributed by atoms with Gasteiger partial charge in [-0.1, -0.05) is 37.6 Å². The van der Waals surface area contributed by atoms with Gasteiger partial charge in [0.05, 0.1) is 24.6 Å². The number of ether oxygens (including phenoxy) is 1. The van der Waals surface area contributed by atoms with E-state index in [9.17, 15) is 9.59 Å². The number of nitrogens with zero attached hydrogens (tertiary/aromatic N) is 2. The number of rotatable bonds is 8. The monoisotopic (exact) mass is 379 g/mol. The van der Waals surface area contributed by atoms with Gasteiger partial charge >= 0.3 is 0 Å². The van der Waals surface area contributed by atoms with Crippen LogP contribution in [0.4, 0.5) is 0 Å². The van der Waals surface area contributed by atoms with Crippen LogP contribution < -0.4 is 10.3 Å². The zero-order valence-electron chi connectivity index (χ0n) is 16.3. The van der Waals surface area contributed by atoms with Gasteiger partial charge in [-0.2, -0.15) is 0 Å². The molecule has 0 radical (unpaired) electrons. The average Bonchev–Trinajstić information content (AvgIpc) is 2.72. The fraction of sp³-hybridized carbons (Fsp3) is 0.318. The Kier molecular flexibility index (Phi) is 6.42. The molecule has 146 valence electrons. The molecule has 1 amide bonds. The van der Waals surface area contributed by atoms with Crippen molar-refractivity contribution in [3.8, 4) is 5.75 Å². The SMILES string of the molecule is CCCCC(=O)N(Cc1ccc(OC)cc1)Cc1nc2ccccc2c(=O)[nH]1. The van der Waals surface area contributed by atoms with Crippen LogP contribution in [-0.2, 0) is 17.9 Å². The molecule has 1 heterocycles. The zero-order chi connectivity index (χ0) is 19.9. The molecule has 0 aliphatic rings. The number of methoxy groups -OCH3 is 1. The van der Waals surface area contributed by atoms with Gasteiger partial charge in [0, 0.05) is 13.0 Å². The largest absolute Gasteiger partial charge is 0.497 e. The van der Waals surface area contributed by atoms with E-state index in [2.05, 4.69) is 16.9 Å². The molecular weight excluding hydrogens is 354 g/mol. The van der Waals surface area contributed by atoms with Crippen LogP contribution in [0.1, 0.15) is 37.6 Å². The summed E-state index contributed by atoms with van der Waals surface area (Å²) in [5.74, 6) is 1.31. The molecule has 1 N–H and O–H groups in total. The lowest BCUT2D eigenvalue weighted by atomic mass is 10.1. The van der Waals surface area contributed by atoms with E-state index >= 15 is 0 Å². The van der Waals surface area contributed by atoms with Crippen LogP contribution in [0.25, 0.3) is 10.9 Å². The molecule has 0 fully saturated rings. The number of carbonyl (C=O) groups excluding carboxylic acids is 1. The minimum absolute atomic E-state index is 0.0495. The van der Waals surface area contributed by atoms with Crippen molar-refractivity contribution in [3.63, 3.8) is 0 Å². The Bertz CT molecular complexity index is 996. The van der Waals surface area contributed by atoms with Crippen molar-refractivity contribution in [1.29, 1.82) is 0 Å². The molecule has 0 atom stereocenters. The second-order valence-electron chi connectivity index (χ2n) is 6.73. The molecular formula is C22H25N3O3. The van der Waals surface area contributed by atoms with Crippen molar-refractivity contribution >= 4 is 16.8 Å². The molecule has 3 rings (SSSR count). The topological polar surface area (TPSA) is 75.3 Å². The van der Waals surface area contributed by atoms with Crippen LogP contribution >= 0.6 is 0 Å². The number of para-hydroxylation sites is 1. The van der Waals surface area contributed by atoms with Gasteiger partial charge in [-0.3, -0.25) is 9.59 Å². The van der Waals surface area contributed by atoms with Gasteiger partial charge in [-0.25, -0.2) is 4.98 Å². The number of hydrogen-bond acceptors (Lipinski definition) is 4. The number of nitrogens with one attached hydrogen (secondary N) is 1. The predicted octanol–water partition coefficient (Wildman–Crippen LogP) is 3.65. The first kappa shape index (κ1) is 19.6. The third-order valence-electron chi connectivity index (χ3n) is 4.63. The summed E-state index contributed by atoms with van der Waals surface area (Å²) in [6, 6.07) is 14.8. The Balaban J connectivity index is 1.85. The molecule has 0 bridgehead atoms. The molecule has 28 heavy (non-hydrogen) atoms. The minimum atomic E-state index is -0.189. The molecule has 0 aliphatic carbocycles. The van der Waals surface area contributed by atoms with Crippen LogP contribution in [0.5, 0.6) is 5.75 Å². The molecule has 0 unspecified atom stereocenters. The number of H-pyrrole nitrogens is 1. The van der Waals surface area contributed by atoms with Crippen molar-refractivity contribution in [1.82, 2.24) is 14.9 Å². The van der Waals surface area contributed by atoms with Crippen molar-refractivity contribution in [3.05, 3.63) is 70.3 Å². The Morgan fingerprint density at radius 3 is 2.57 bits per heavy atom. The van der Waals surface area contributed by atoms with Gasteiger partial charge in [-0.05, 0) is 36.2 Å². The highest BCUT2D eigenvalue weighted by Gasteiger charge is 2.16. The number of benzene rings is 2. The maximum absolute atomic E-state index is 12.8. The summed E-state index contributed by atoms with van der Waals surface area (Å²) in [4.78, 5) is 34.2. The van der Waals surface area contributed by atoms with E-state index in [1.54, 1.807) is 24.1 Å². The number of aromatic nitrogens is 2. The highest BCUT2D eigenvalue weighted by Crippen LogP contribution is 2.16. The van der Waals surface area contributed by atoms with Gasteiger partial charge in [0.15, 0.2) is 0 Å². The standard InChI is InChI=1S/C22H25N3O3/c1-3-4-9-21(26)25(14-16-10-12-17(28-2)13-11-16)15-20-23-19-8-6-5-7-18(19)22(27)24-20/h5-8,10-13H,3-4,9,14-15H2,1-2H3,(H,23,24,27). The quantitative estimate of drug-likeness (QED) is 0.648. The van der Waals surface area contributed by atoms with Crippen molar-refractivity contribution < 1.29 is 9.53 Å². The second-order valence-corrected chi connectivity index (χ2v) is 6.73. The van der Waals surface area contributed by atoms with Crippen molar-refractivity contribution in [2.24, 2.45) is 0 Å². The fourth-order valence-electron chi connectivity index (χ4n) is 3.06. The second kappa shape index (κ2) is 9.17. The van der Waals surface area contributed by atoms with Gasteiger partial charge in [-0.15, -0.1) is 0 Å². The number of hydrogen-bond donors (Lipinski definition) is 1. The Hall–Kier alpha value is -3.15. The van der Waals surface area contributed by atoms with E-state index in [0.29, 0.717) is 29.7 Å². The van der Waals surface area contributed by atoms with Crippen LogP contribution in [0, 0.1) is 0 Å². The number of amides is 1. The maximum atomic E-state index is 12.8. The zero-order valence-corrected chi connectivity index (χ0v) is 16.3. The first-order chi connectivity index (χ1) is 13.6. The number of unbranched alkanes of at least 4 members (excludes halogenated alkanes) is 1. The lowest BCUT2D eigenvalue weighted by Gasteiger charge is -2.22. The van der Waals surface area contributed by atoms with E-state index < -0.39 is 0 Å². The summed E-state index contributed by atoms with van der Waals surface area (Å²) in [5.41, 5.74) is 1.44. The average molecular weight is 379 g/mol. The first-order valence-electron chi connectivity index (χ1n) is 9.49. The molecule has 2 aromatic carbocycles. The van der Waals surface area contributed by atoms with Gasteiger partial charge in [0.25, 0.3) is 5.56 Å². The summed E-state index contributed by atoms with van der Waals surface area (Å²) in [6.07, 6.45) is 2.26. The molecule has 0 saturated heterocycles. The smallest absolute Gasteiger partial charge is 0.258 e. The third-order valence-corrected chi connectivity index (χ3v) is 4.63. The van der Waals surface area contributed by atoms with Gasteiger partial charge in [0.1, 0.15) is 11.6 Å².